The van der Waals surface area contributed by atoms with Crippen LogP contribution in [0.4, 0.5) is 0 Å². The van der Waals surface area contributed by atoms with Gasteiger partial charge in [-0.1, -0.05) is 31.1 Å². The summed E-state index contributed by atoms with van der Waals surface area (Å²) in [4.78, 5) is 41.8. The fourth-order valence-electron chi connectivity index (χ4n) is 7.58. The molecule has 2 aliphatic carbocycles. The number of hydrogen-bond donors (Lipinski definition) is 5. The van der Waals surface area contributed by atoms with Gasteiger partial charge in [0.05, 0.1) is 22.1 Å². The summed E-state index contributed by atoms with van der Waals surface area (Å²) >= 11 is 0. The van der Waals surface area contributed by atoms with Crippen LogP contribution in [0.1, 0.15) is 119 Å². The highest BCUT2D eigenvalue weighted by molar-refractivity contribution is 6.31. The molecular weight excluding hydrogens is 636 g/mol. The molecule has 0 fully saturated rings. The second-order valence-electron chi connectivity index (χ2n) is 14.4. The van der Waals surface area contributed by atoms with E-state index in [2.05, 4.69) is 19.9 Å². The van der Waals surface area contributed by atoms with Gasteiger partial charge in [-0.3, -0.25) is 14.4 Å². The summed E-state index contributed by atoms with van der Waals surface area (Å²) in [6.07, 6.45) is 5.90. The van der Waals surface area contributed by atoms with E-state index in [0.29, 0.717) is 27.8 Å². The Morgan fingerprint density at radius 2 is 1.52 bits per heavy atom. The first kappa shape index (κ1) is 34.3. The normalized spacial score (nSPS) is 16.6. The third-order valence-corrected chi connectivity index (χ3v) is 9.83. The number of allylic oxidation sites excluding steroid dienone is 3. The molecule has 0 radical (unpaired) electrons. The number of phenolic OH excluding ortho intramolecular Hbond substituents is 5. The van der Waals surface area contributed by atoms with Crippen molar-refractivity contribution in [2.24, 2.45) is 5.41 Å². The van der Waals surface area contributed by atoms with Crippen LogP contribution in [-0.4, -0.2) is 49.5 Å². The van der Waals surface area contributed by atoms with Gasteiger partial charge in [0.15, 0.2) is 11.6 Å². The number of phenols is 5. The van der Waals surface area contributed by atoms with E-state index in [0.717, 1.165) is 30.5 Å². The quantitative estimate of drug-likeness (QED) is 0.107. The zero-order valence-corrected chi connectivity index (χ0v) is 28.9. The second-order valence-corrected chi connectivity index (χ2v) is 14.4. The van der Waals surface area contributed by atoms with E-state index in [1.165, 1.54) is 17.7 Å². The van der Waals surface area contributed by atoms with Crippen molar-refractivity contribution in [2.45, 2.75) is 66.7 Å². The fraction of sp³-hybridized carbons (Fsp3) is 0.293. The Kier molecular flexibility index (Phi) is 8.50. The largest absolute Gasteiger partial charge is 0.508 e. The van der Waals surface area contributed by atoms with E-state index < -0.39 is 45.9 Å². The summed E-state index contributed by atoms with van der Waals surface area (Å²) < 4.78 is 5.98. The first-order chi connectivity index (χ1) is 23.5. The molecule has 9 heteroatoms. The molecule has 1 atom stereocenters. The summed E-state index contributed by atoms with van der Waals surface area (Å²) in [6.45, 7) is 11.8. The predicted octanol–water partition coefficient (Wildman–Crippen LogP) is 8.27. The molecule has 0 aromatic heterocycles. The summed E-state index contributed by atoms with van der Waals surface area (Å²) in [5.41, 5.74) is 1.80. The van der Waals surface area contributed by atoms with Gasteiger partial charge in [-0.15, -0.1) is 0 Å². The molecule has 9 nitrogen and oxygen atoms in total. The van der Waals surface area contributed by atoms with Crippen LogP contribution in [0.25, 0.3) is 10.8 Å². The van der Waals surface area contributed by atoms with Gasteiger partial charge in [0.25, 0.3) is 0 Å². The Labute approximate surface area is 289 Å². The fourth-order valence-corrected chi connectivity index (χ4v) is 7.58. The summed E-state index contributed by atoms with van der Waals surface area (Å²) in [7, 11) is 0. The lowest BCUT2D eigenvalue weighted by Gasteiger charge is -2.42. The molecule has 4 aromatic rings. The van der Waals surface area contributed by atoms with Crippen molar-refractivity contribution in [1.29, 1.82) is 0 Å². The molecule has 0 amide bonds. The molecule has 2 aliphatic rings. The molecule has 0 bridgehead atoms. The topological polar surface area (TPSA) is 162 Å². The molecule has 0 saturated heterocycles. The van der Waals surface area contributed by atoms with Crippen LogP contribution in [-0.2, 0) is 0 Å². The number of fused-ring (bicyclic) bond motifs is 4. The standard InChI is InChI=1S/C41H40O9/c1-19(2)8-7-9-20(3)10-11-50-24-13-22-14-25-33(39(48)32(22)29(45)17-24)30(46)18-41(5,6)37(25)31-21(4)12-27(43)35-36(31)38(47)26-15-23(42)16-28(44)34(26)40(35)49/h8,10,12-17,37,42-45,48H,7,9,11,18H2,1-6H3. The van der Waals surface area contributed by atoms with Crippen molar-refractivity contribution in [3.63, 3.8) is 0 Å². The van der Waals surface area contributed by atoms with Gasteiger partial charge in [-0.05, 0) is 98.4 Å². The summed E-state index contributed by atoms with van der Waals surface area (Å²) in [6, 6.07) is 8.19. The second kappa shape index (κ2) is 12.4. The number of carbonyl (C=O) groups excluding carboxylic acids is 3. The maximum atomic E-state index is 14.3. The SMILES string of the molecule is CC(C)=CCCC(C)=CCOc1cc(O)c2c(O)c3c(cc2c1)C(c1c(C)cc(O)c2c1C(=O)c1cc(O)cc(O)c1C2=O)C(C)(C)CC3=O. The monoisotopic (exact) mass is 676 g/mol. The van der Waals surface area contributed by atoms with E-state index in [9.17, 15) is 39.9 Å². The van der Waals surface area contributed by atoms with Crippen molar-refractivity contribution in [2.75, 3.05) is 6.61 Å². The Bertz CT molecular complexity index is 2210. The Morgan fingerprint density at radius 1 is 0.820 bits per heavy atom. The van der Waals surface area contributed by atoms with E-state index in [1.807, 2.05) is 26.8 Å². The number of rotatable bonds is 7. The zero-order chi connectivity index (χ0) is 36.4. The molecule has 0 saturated carbocycles. The molecule has 0 heterocycles. The van der Waals surface area contributed by atoms with Gasteiger partial charge >= 0.3 is 0 Å². The minimum absolute atomic E-state index is 0.00721. The maximum Gasteiger partial charge on any atom is 0.201 e. The number of aromatic hydroxyl groups is 5. The van der Waals surface area contributed by atoms with Crippen LogP contribution in [0.3, 0.4) is 0 Å². The molecule has 50 heavy (non-hydrogen) atoms. The van der Waals surface area contributed by atoms with Crippen LogP contribution in [0.2, 0.25) is 0 Å². The highest BCUT2D eigenvalue weighted by atomic mass is 16.5. The average Bonchev–Trinajstić information content (AvgIpc) is 2.99. The van der Waals surface area contributed by atoms with Crippen LogP contribution in [0, 0.1) is 12.3 Å². The minimum atomic E-state index is -0.867. The number of ether oxygens (including phenoxy) is 1. The number of ketones is 3. The first-order valence-electron chi connectivity index (χ1n) is 16.5. The van der Waals surface area contributed by atoms with Crippen LogP contribution >= 0.6 is 0 Å². The number of Topliss-reactive ketones (excluding diaryl/α,β-unsaturated/α-hetero) is 1. The van der Waals surface area contributed by atoms with Gasteiger partial charge < -0.3 is 30.3 Å². The molecule has 258 valence electrons. The van der Waals surface area contributed by atoms with Crippen molar-refractivity contribution < 1.29 is 44.7 Å². The zero-order valence-electron chi connectivity index (χ0n) is 28.9. The number of aryl methyl sites for hydroxylation is 1. The Morgan fingerprint density at radius 3 is 2.22 bits per heavy atom. The highest BCUT2D eigenvalue weighted by Crippen LogP contribution is 2.56. The Hall–Kier alpha value is -5.57. The van der Waals surface area contributed by atoms with Gasteiger partial charge in [-0.2, -0.15) is 0 Å². The minimum Gasteiger partial charge on any atom is -0.508 e. The number of benzene rings is 4. The van der Waals surface area contributed by atoms with Crippen molar-refractivity contribution in [3.05, 3.63) is 104 Å². The van der Waals surface area contributed by atoms with Crippen LogP contribution in [0.5, 0.6) is 34.5 Å². The molecule has 0 aliphatic heterocycles. The molecular formula is C41H40O9. The van der Waals surface area contributed by atoms with E-state index in [4.69, 9.17) is 4.74 Å². The van der Waals surface area contributed by atoms with Gasteiger partial charge in [-0.25, -0.2) is 0 Å². The maximum absolute atomic E-state index is 14.3. The number of hydrogen-bond acceptors (Lipinski definition) is 9. The average molecular weight is 677 g/mol. The molecule has 1 unspecified atom stereocenters. The molecule has 0 spiro atoms. The smallest absolute Gasteiger partial charge is 0.201 e. The third kappa shape index (κ3) is 5.66. The third-order valence-electron chi connectivity index (χ3n) is 9.83. The summed E-state index contributed by atoms with van der Waals surface area (Å²) in [5.74, 6) is -4.39. The van der Waals surface area contributed by atoms with Gasteiger partial charge in [0.1, 0.15) is 41.1 Å². The van der Waals surface area contributed by atoms with Gasteiger partial charge in [0.2, 0.25) is 5.78 Å². The van der Waals surface area contributed by atoms with Gasteiger partial charge in [0, 0.05) is 35.6 Å². The highest BCUT2D eigenvalue weighted by Gasteiger charge is 2.47. The lowest BCUT2D eigenvalue weighted by Crippen LogP contribution is -2.35. The Balaban J connectivity index is 1.52. The van der Waals surface area contributed by atoms with Crippen LogP contribution < -0.4 is 4.74 Å². The lowest BCUT2D eigenvalue weighted by molar-refractivity contribution is 0.0891. The summed E-state index contributed by atoms with van der Waals surface area (Å²) in [5, 5.41) is 55.0. The number of carbonyl (C=O) groups is 3. The predicted molar refractivity (Wildman–Crippen MR) is 189 cm³/mol. The molecule has 5 N–H and O–H groups in total. The van der Waals surface area contributed by atoms with Crippen LogP contribution in [0.15, 0.2) is 59.7 Å². The molecule has 4 aromatic carbocycles. The van der Waals surface area contributed by atoms with Crippen molar-refractivity contribution in [1.82, 2.24) is 0 Å². The lowest BCUT2D eigenvalue weighted by atomic mass is 9.60. The van der Waals surface area contributed by atoms with Crippen molar-refractivity contribution in [3.8, 4) is 34.5 Å². The van der Waals surface area contributed by atoms with E-state index >= 15 is 0 Å². The van der Waals surface area contributed by atoms with E-state index in [-0.39, 0.29) is 57.8 Å². The van der Waals surface area contributed by atoms with Crippen molar-refractivity contribution >= 4 is 28.1 Å². The first-order valence-corrected chi connectivity index (χ1v) is 16.5. The van der Waals surface area contributed by atoms with E-state index in [1.54, 1.807) is 19.1 Å². The molecule has 6 rings (SSSR count).